The standard InChI is InChI=1S/C13H4Br2F7N2/c14-7-1-8(11(16,12(17,18)19)13(20,21)22)10(9(15)2-7)6-3-23-5-24-4-6/h1,3-5H. The molecule has 0 unspecified atom stereocenters. The van der Waals surface area contributed by atoms with E-state index in [1.54, 1.807) is 0 Å². The summed E-state index contributed by atoms with van der Waals surface area (Å²) in [7, 11) is 0. The molecule has 0 aliphatic carbocycles. The average molecular weight is 481 g/mol. The topological polar surface area (TPSA) is 25.8 Å². The normalized spacial score (nSPS) is 13.2. The van der Waals surface area contributed by atoms with Gasteiger partial charge < -0.3 is 0 Å². The van der Waals surface area contributed by atoms with Crippen LogP contribution in [0.2, 0.25) is 0 Å². The van der Waals surface area contributed by atoms with E-state index < -0.39 is 29.1 Å². The van der Waals surface area contributed by atoms with Crippen molar-refractivity contribution >= 4 is 31.9 Å². The minimum atomic E-state index is -6.24. The van der Waals surface area contributed by atoms with Gasteiger partial charge in [0, 0.05) is 44.1 Å². The Kier molecular flexibility index (Phi) is 4.97. The van der Waals surface area contributed by atoms with Crippen molar-refractivity contribution in [2.24, 2.45) is 0 Å². The van der Waals surface area contributed by atoms with Crippen LogP contribution in [0.1, 0.15) is 5.56 Å². The lowest BCUT2D eigenvalue weighted by Gasteiger charge is -2.32. The summed E-state index contributed by atoms with van der Waals surface area (Å²) in [5, 5.41) is 0. The molecule has 0 amide bonds. The zero-order chi connectivity index (χ0) is 18.3. The maximum Gasteiger partial charge on any atom is 0.435 e. The van der Waals surface area contributed by atoms with Gasteiger partial charge in [-0.3, -0.25) is 0 Å². The predicted octanol–water partition coefficient (Wildman–Crippen LogP) is 5.76. The highest BCUT2D eigenvalue weighted by Crippen LogP contribution is 2.56. The minimum absolute atomic E-state index is 0.237. The molecular weight excluding hydrogens is 477 g/mol. The zero-order valence-electron chi connectivity index (χ0n) is 11.1. The molecule has 0 aliphatic rings. The number of halogens is 9. The summed E-state index contributed by atoms with van der Waals surface area (Å²) in [6.07, 6.45) is -9.53. The monoisotopic (exact) mass is 479 g/mol. The van der Waals surface area contributed by atoms with Crippen molar-refractivity contribution in [3.63, 3.8) is 0 Å². The third kappa shape index (κ3) is 3.15. The Morgan fingerprint density at radius 3 is 1.83 bits per heavy atom. The first-order valence-electron chi connectivity index (χ1n) is 5.89. The minimum Gasteiger partial charge on any atom is -0.244 e. The highest BCUT2D eigenvalue weighted by Gasteiger charge is 2.74. The number of nitrogens with zero attached hydrogens (tertiary/aromatic N) is 2. The molecule has 1 aromatic carbocycles. The second-order valence-corrected chi connectivity index (χ2v) is 6.15. The summed E-state index contributed by atoms with van der Waals surface area (Å²) >= 11 is 5.55. The molecule has 1 heterocycles. The molecule has 2 aromatic rings. The fraction of sp³-hybridized carbons (Fsp3) is 0.231. The number of rotatable bonds is 2. The van der Waals surface area contributed by atoms with Gasteiger partial charge in [0.15, 0.2) is 0 Å². The summed E-state index contributed by atoms with van der Waals surface area (Å²) in [4.78, 5) is 7.06. The lowest BCUT2D eigenvalue weighted by molar-refractivity contribution is -0.348. The molecule has 2 rings (SSSR count). The van der Waals surface area contributed by atoms with E-state index in [0.29, 0.717) is 6.07 Å². The molecule has 2 nitrogen and oxygen atoms in total. The second-order valence-electron chi connectivity index (χ2n) is 4.50. The molecule has 0 atom stereocenters. The van der Waals surface area contributed by atoms with Crippen LogP contribution in [0.5, 0.6) is 0 Å². The molecule has 1 radical (unpaired) electrons. The van der Waals surface area contributed by atoms with E-state index in [9.17, 15) is 30.7 Å². The van der Waals surface area contributed by atoms with Gasteiger partial charge in [-0.2, -0.15) is 26.3 Å². The summed E-state index contributed by atoms with van der Waals surface area (Å²) < 4.78 is 92.4. The third-order valence-electron chi connectivity index (χ3n) is 2.99. The lowest BCUT2D eigenvalue weighted by atomic mass is 9.88. The van der Waals surface area contributed by atoms with Gasteiger partial charge in [-0.05, 0) is 22.0 Å². The van der Waals surface area contributed by atoms with Crippen LogP contribution in [0.3, 0.4) is 0 Å². The molecule has 11 heteroatoms. The van der Waals surface area contributed by atoms with Crippen LogP contribution < -0.4 is 0 Å². The Morgan fingerprint density at radius 2 is 1.38 bits per heavy atom. The van der Waals surface area contributed by atoms with E-state index in [1.165, 1.54) is 0 Å². The molecule has 0 spiro atoms. The molecule has 24 heavy (non-hydrogen) atoms. The van der Waals surface area contributed by atoms with E-state index in [4.69, 9.17) is 0 Å². The van der Waals surface area contributed by atoms with E-state index in [1.807, 2.05) is 0 Å². The average Bonchev–Trinajstić information content (AvgIpc) is 2.44. The molecule has 0 saturated heterocycles. The van der Waals surface area contributed by atoms with Crippen molar-refractivity contribution in [3.8, 4) is 11.1 Å². The van der Waals surface area contributed by atoms with Gasteiger partial charge in [0.2, 0.25) is 0 Å². The SMILES string of the molecule is FC(F)(F)C(F)(c1cc(Br)[c]c(Br)c1-c1cncnc1)C(F)(F)F. The first-order valence-corrected chi connectivity index (χ1v) is 7.47. The van der Waals surface area contributed by atoms with Crippen molar-refractivity contribution in [1.82, 2.24) is 9.97 Å². The van der Waals surface area contributed by atoms with Crippen LogP contribution >= 0.6 is 31.9 Å². The van der Waals surface area contributed by atoms with E-state index >= 15 is 0 Å². The maximum atomic E-state index is 14.5. The Bertz CT molecular complexity index is 730. The molecule has 0 bridgehead atoms. The number of aromatic nitrogens is 2. The first-order chi connectivity index (χ1) is 10.9. The van der Waals surface area contributed by atoms with Gasteiger partial charge in [0.1, 0.15) is 6.33 Å². The fourth-order valence-electron chi connectivity index (χ4n) is 1.97. The summed E-state index contributed by atoms with van der Waals surface area (Å²) in [5.74, 6) is 0. The van der Waals surface area contributed by atoms with Crippen molar-refractivity contribution in [3.05, 3.63) is 45.4 Å². The zero-order valence-corrected chi connectivity index (χ0v) is 14.3. The second kappa shape index (κ2) is 6.25. The highest BCUT2D eigenvalue weighted by molar-refractivity contribution is 9.11. The van der Waals surface area contributed by atoms with Crippen molar-refractivity contribution in [2.45, 2.75) is 18.0 Å². The largest absolute Gasteiger partial charge is 0.435 e. The lowest BCUT2D eigenvalue weighted by Crippen LogP contribution is -2.50. The Balaban J connectivity index is 2.92. The summed E-state index contributed by atoms with van der Waals surface area (Å²) in [6.45, 7) is 0. The van der Waals surface area contributed by atoms with Crippen molar-refractivity contribution in [2.75, 3.05) is 0 Å². The Labute approximate surface area is 147 Å². The highest BCUT2D eigenvalue weighted by atomic mass is 79.9. The molecule has 0 fully saturated rings. The third-order valence-corrected chi connectivity index (χ3v) is 4.01. The molecule has 0 saturated carbocycles. The smallest absolute Gasteiger partial charge is 0.244 e. The molecular formula is C13H4Br2F7N2. The van der Waals surface area contributed by atoms with Crippen LogP contribution in [0.15, 0.2) is 33.7 Å². The van der Waals surface area contributed by atoms with Crippen LogP contribution in [0.4, 0.5) is 30.7 Å². The van der Waals surface area contributed by atoms with E-state index in [2.05, 4.69) is 47.9 Å². The molecule has 0 N–H and O–H groups in total. The van der Waals surface area contributed by atoms with Crippen molar-refractivity contribution < 1.29 is 30.7 Å². The van der Waals surface area contributed by atoms with Crippen molar-refractivity contribution in [1.29, 1.82) is 0 Å². The van der Waals surface area contributed by atoms with Crippen LogP contribution in [0, 0.1) is 6.07 Å². The molecule has 0 aliphatic heterocycles. The van der Waals surface area contributed by atoms with Gasteiger partial charge in [-0.25, -0.2) is 14.4 Å². The van der Waals surface area contributed by atoms with Crippen LogP contribution in [-0.4, -0.2) is 22.3 Å². The maximum absolute atomic E-state index is 14.5. The van der Waals surface area contributed by atoms with Gasteiger partial charge >= 0.3 is 18.0 Å². The predicted molar refractivity (Wildman–Crippen MR) is 76.6 cm³/mol. The number of hydrogen-bond donors (Lipinski definition) is 0. The van der Waals surface area contributed by atoms with Crippen LogP contribution in [0.25, 0.3) is 11.1 Å². The number of benzene rings is 1. The van der Waals surface area contributed by atoms with Crippen LogP contribution in [-0.2, 0) is 5.67 Å². The fourth-order valence-corrected chi connectivity index (χ4v) is 3.32. The molecule has 1 aromatic heterocycles. The Morgan fingerprint density at radius 1 is 0.875 bits per heavy atom. The van der Waals surface area contributed by atoms with Gasteiger partial charge in [0.25, 0.3) is 0 Å². The summed E-state index contributed by atoms with van der Waals surface area (Å²) in [6, 6.07) is 2.81. The molecule has 129 valence electrons. The number of alkyl halides is 7. The summed E-state index contributed by atoms with van der Waals surface area (Å²) in [5.41, 5.74) is -8.17. The van der Waals surface area contributed by atoms with Gasteiger partial charge in [-0.1, -0.05) is 15.9 Å². The van der Waals surface area contributed by atoms with Gasteiger partial charge in [0.05, 0.1) is 0 Å². The first kappa shape index (κ1) is 19.1. The van der Waals surface area contributed by atoms with E-state index in [-0.39, 0.29) is 14.5 Å². The van der Waals surface area contributed by atoms with E-state index in [0.717, 1.165) is 18.7 Å². The Hall–Kier alpha value is -1.23. The van der Waals surface area contributed by atoms with Gasteiger partial charge in [-0.15, -0.1) is 0 Å². The quantitative estimate of drug-likeness (QED) is 0.511. The number of hydrogen-bond acceptors (Lipinski definition) is 2.